The van der Waals surface area contributed by atoms with Gasteiger partial charge in [0, 0.05) is 17.4 Å². The van der Waals surface area contributed by atoms with Gasteiger partial charge in [0.2, 0.25) is 5.91 Å². The smallest absolute Gasteiger partial charge is 0.267 e. The normalized spacial score (nSPS) is 20.1. The average Bonchev–Trinajstić information content (AvgIpc) is 2.71. The van der Waals surface area contributed by atoms with E-state index >= 15 is 0 Å². The zero-order chi connectivity index (χ0) is 16.0. The van der Waals surface area contributed by atoms with Crippen molar-refractivity contribution in [2.45, 2.75) is 32.1 Å². The largest absolute Gasteiger partial charge is 0.274 e. The minimum absolute atomic E-state index is 0.0287. The van der Waals surface area contributed by atoms with Gasteiger partial charge in [-0.15, -0.1) is 0 Å². The van der Waals surface area contributed by atoms with Gasteiger partial charge in [0.1, 0.15) is 10.7 Å². The summed E-state index contributed by atoms with van der Waals surface area (Å²) in [6, 6.07) is 3.32. The van der Waals surface area contributed by atoms with E-state index in [-0.39, 0.29) is 33.7 Å². The van der Waals surface area contributed by atoms with Crippen molar-refractivity contribution >= 4 is 31.9 Å². The minimum Gasteiger partial charge on any atom is -0.274 e. The Morgan fingerprint density at radius 2 is 1.95 bits per heavy atom. The summed E-state index contributed by atoms with van der Waals surface area (Å²) in [7, 11) is -3.96. The molecule has 1 aliphatic heterocycles. The zero-order valence-electron chi connectivity index (χ0n) is 12.1. The maximum atomic E-state index is 13.1. The van der Waals surface area contributed by atoms with Crippen LogP contribution in [0.15, 0.2) is 27.6 Å². The first-order valence-corrected chi connectivity index (χ1v) is 8.77. The van der Waals surface area contributed by atoms with Crippen molar-refractivity contribution in [3.05, 3.63) is 28.5 Å². The van der Waals surface area contributed by atoms with Gasteiger partial charge >= 0.3 is 0 Å². The molecular weight excluding hydrogens is 361 g/mol. The molecule has 1 saturated heterocycles. The lowest BCUT2D eigenvalue weighted by molar-refractivity contribution is -0.123. The number of hydrogen-bond donors (Lipinski definition) is 0. The second kappa shape index (κ2) is 5.35. The summed E-state index contributed by atoms with van der Waals surface area (Å²) >= 11 is 3.05. The Bertz CT molecular complexity index is 682. The fraction of sp³-hybridized carbons (Fsp3) is 0.500. The van der Waals surface area contributed by atoms with Crippen LogP contribution in [0.4, 0.5) is 4.39 Å². The van der Waals surface area contributed by atoms with Crippen LogP contribution < -0.4 is 0 Å². The third-order valence-corrected chi connectivity index (χ3v) is 6.54. The molecule has 0 aliphatic carbocycles. The topological polar surface area (TPSA) is 54.5 Å². The van der Waals surface area contributed by atoms with Crippen molar-refractivity contribution in [1.82, 2.24) is 4.31 Å². The van der Waals surface area contributed by atoms with E-state index < -0.39 is 21.7 Å². The van der Waals surface area contributed by atoms with Gasteiger partial charge in [0.25, 0.3) is 10.0 Å². The maximum Gasteiger partial charge on any atom is 0.267 e. The van der Waals surface area contributed by atoms with Crippen LogP contribution in [0.1, 0.15) is 27.2 Å². The first-order valence-electron chi connectivity index (χ1n) is 6.54. The van der Waals surface area contributed by atoms with Crippen LogP contribution >= 0.6 is 15.9 Å². The molecule has 1 heterocycles. The van der Waals surface area contributed by atoms with Crippen molar-refractivity contribution < 1.29 is 17.6 Å². The van der Waals surface area contributed by atoms with Crippen molar-refractivity contribution in [1.29, 1.82) is 0 Å². The Morgan fingerprint density at radius 3 is 2.43 bits per heavy atom. The van der Waals surface area contributed by atoms with Crippen molar-refractivity contribution in [3.63, 3.8) is 0 Å². The molecule has 116 valence electrons. The average molecular weight is 378 g/mol. The Kier molecular flexibility index (Phi) is 4.19. The number of halogens is 2. The summed E-state index contributed by atoms with van der Waals surface area (Å²) in [5.74, 6) is -0.980. The van der Waals surface area contributed by atoms with Gasteiger partial charge in [-0.05, 0) is 45.5 Å². The fourth-order valence-corrected chi connectivity index (χ4v) is 4.76. The number of amides is 1. The lowest BCUT2D eigenvalue weighted by Crippen LogP contribution is -2.33. The van der Waals surface area contributed by atoms with E-state index in [2.05, 4.69) is 15.9 Å². The predicted molar refractivity (Wildman–Crippen MR) is 80.6 cm³/mol. The second-order valence-corrected chi connectivity index (χ2v) is 8.96. The van der Waals surface area contributed by atoms with E-state index in [1.807, 2.05) is 20.8 Å². The van der Waals surface area contributed by atoms with E-state index in [0.29, 0.717) is 0 Å². The van der Waals surface area contributed by atoms with Gasteiger partial charge in [-0.2, -0.15) is 0 Å². The summed E-state index contributed by atoms with van der Waals surface area (Å²) in [6.45, 7) is 6.10. The van der Waals surface area contributed by atoms with Gasteiger partial charge in [0.05, 0.1) is 0 Å². The molecule has 0 spiro atoms. The van der Waals surface area contributed by atoms with Crippen LogP contribution in [0.2, 0.25) is 0 Å². The maximum absolute atomic E-state index is 13.1. The molecule has 7 heteroatoms. The fourth-order valence-electron chi connectivity index (χ4n) is 2.29. The molecule has 2 rings (SSSR count). The number of rotatable bonds is 2. The van der Waals surface area contributed by atoms with E-state index in [4.69, 9.17) is 0 Å². The summed E-state index contributed by atoms with van der Waals surface area (Å²) < 4.78 is 39.3. The summed E-state index contributed by atoms with van der Waals surface area (Å²) in [6.07, 6.45) is 0.210. The first kappa shape index (κ1) is 16.4. The van der Waals surface area contributed by atoms with Crippen LogP contribution in [-0.4, -0.2) is 25.2 Å². The summed E-state index contributed by atoms with van der Waals surface area (Å²) in [4.78, 5) is 12.0. The van der Waals surface area contributed by atoms with Crippen LogP contribution in [0.3, 0.4) is 0 Å². The highest BCUT2D eigenvalue weighted by molar-refractivity contribution is 9.10. The van der Waals surface area contributed by atoms with E-state index in [1.54, 1.807) is 0 Å². The lowest BCUT2D eigenvalue weighted by atomic mass is 9.80. The molecular formula is C14H17BrFNO3S. The summed E-state index contributed by atoms with van der Waals surface area (Å²) in [5, 5.41) is 0. The van der Waals surface area contributed by atoms with Gasteiger partial charge in [-0.3, -0.25) is 4.79 Å². The highest BCUT2D eigenvalue weighted by atomic mass is 79.9. The SMILES string of the molecule is CC(C)(C)C1CC(=O)N(S(=O)(=O)c2ccc(F)cc2Br)C1. The molecule has 1 aromatic carbocycles. The predicted octanol–water partition coefficient (Wildman–Crippen LogP) is 3.17. The Morgan fingerprint density at radius 1 is 1.33 bits per heavy atom. The van der Waals surface area contributed by atoms with Crippen LogP contribution in [-0.2, 0) is 14.8 Å². The molecule has 0 saturated carbocycles. The molecule has 1 aliphatic rings. The number of nitrogens with zero attached hydrogens (tertiary/aromatic N) is 1. The molecule has 21 heavy (non-hydrogen) atoms. The minimum atomic E-state index is -3.96. The standard InChI is InChI=1S/C14H17BrFNO3S/c1-14(2,3)9-6-13(18)17(8-9)21(19,20)12-5-4-10(16)7-11(12)15/h4-5,7,9H,6,8H2,1-3H3. The van der Waals surface area contributed by atoms with Gasteiger partial charge in [-0.25, -0.2) is 17.1 Å². The highest BCUT2D eigenvalue weighted by Gasteiger charge is 2.43. The monoisotopic (exact) mass is 377 g/mol. The van der Waals surface area contributed by atoms with E-state index in [1.165, 1.54) is 6.07 Å². The first-order chi connectivity index (χ1) is 9.53. The Labute approximate surface area is 132 Å². The van der Waals surface area contributed by atoms with Crippen molar-refractivity contribution in [3.8, 4) is 0 Å². The molecule has 0 bridgehead atoms. The molecule has 1 atom stereocenters. The van der Waals surface area contributed by atoms with Crippen molar-refractivity contribution in [2.75, 3.05) is 6.54 Å². The van der Waals surface area contributed by atoms with Gasteiger partial charge in [-0.1, -0.05) is 20.8 Å². The molecule has 1 aromatic rings. The second-order valence-electron chi connectivity index (χ2n) is 6.27. The number of sulfonamides is 1. The number of carbonyl (C=O) groups excluding carboxylic acids is 1. The quantitative estimate of drug-likeness (QED) is 0.795. The molecule has 1 amide bonds. The van der Waals surface area contributed by atoms with Gasteiger partial charge < -0.3 is 0 Å². The Balaban J connectivity index is 2.39. The van der Waals surface area contributed by atoms with E-state index in [0.717, 1.165) is 16.4 Å². The van der Waals surface area contributed by atoms with Crippen LogP contribution in [0, 0.1) is 17.2 Å². The molecule has 0 radical (unpaired) electrons. The molecule has 0 aromatic heterocycles. The Hall–Kier alpha value is -0.950. The number of carbonyl (C=O) groups is 1. The molecule has 0 N–H and O–H groups in total. The van der Waals surface area contributed by atoms with Crippen LogP contribution in [0.25, 0.3) is 0 Å². The van der Waals surface area contributed by atoms with Gasteiger partial charge in [0.15, 0.2) is 0 Å². The molecule has 4 nitrogen and oxygen atoms in total. The van der Waals surface area contributed by atoms with Crippen molar-refractivity contribution in [2.24, 2.45) is 11.3 Å². The number of hydrogen-bond acceptors (Lipinski definition) is 3. The third-order valence-electron chi connectivity index (χ3n) is 3.77. The van der Waals surface area contributed by atoms with Crippen LogP contribution in [0.5, 0.6) is 0 Å². The zero-order valence-corrected chi connectivity index (χ0v) is 14.5. The summed E-state index contributed by atoms with van der Waals surface area (Å²) in [5.41, 5.74) is -0.153. The van der Waals surface area contributed by atoms with E-state index in [9.17, 15) is 17.6 Å². The number of benzene rings is 1. The molecule has 1 unspecified atom stereocenters. The molecule has 1 fully saturated rings. The lowest BCUT2D eigenvalue weighted by Gasteiger charge is -2.26. The third kappa shape index (κ3) is 3.13. The highest BCUT2D eigenvalue weighted by Crippen LogP contribution is 2.37.